The smallest absolute Gasteiger partial charge is 0.407 e. The highest BCUT2D eigenvalue weighted by Gasteiger charge is 2.35. The number of likely N-dealkylation sites (tertiary alicyclic amines) is 2. The molecule has 0 saturated carbocycles. The van der Waals surface area contributed by atoms with Crippen molar-refractivity contribution in [1.82, 2.24) is 20.4 Å². The first-order valence-corrected chi connectivity index (χ1v) is 12.0. The number of ether oxygens (including phenoxy) is 1. The van der Waals surface area contributed by atoms with Gasteiger partial charge in [0.1, 0.15) is 5.60 Å². The van der Waals surface area contributed by atoms with E-state index in [2.05, 4.69) is 10.6 Å². The third kappa shape index (κ3) is 7.74. The molecule has 0 aliphatic carbocycles. The van der Waals surface area contributed by atoms with Crippen molar-refractivity contribution in [2.45, 2.75) is 64.6 Å². The molecular weight excluding hydrogens is 436 g/mol. The molecule has 3 rings (SSSR count). The molecule has 0 aromatic heterocycles. The zero-order valence-electron chi connectivity index (χ0n) is 20.3. The van der Waals surface area contributed by atoms with Crippen LogP contribution >= 0.6 is 0 Å². The SMILES string of the molecule is CC(C)(C)OC(=O)NCCC(=O)N1CCC(NC(=O)C2CC(=O)N(Cc3ccccc3)C2)CC1. The van der Waals surface area contributed by atoms with E-state index < -0.39 is 11.7 Å². The number of carbonyl (C=O) groups is 4. The molecule has 2 aliphatic rings. The zero-order valence-corrected chi connectivity index (χ0v) is 20.3. The molecule has 0 spiro atoms. The molecule has 2 fully saturated rings. The predicted octanol–water partition coefficient (Wildman–Crippen LogP) is 2.06. The van der Waals surface area contributed by atoms with E-state index in [-0.39, 0.29) is 49.1 Å². The molecule has 2 aliphatic heterocycles. The number of amides is 4. The van der Waals surface area contributed by atoms with Gasteiger partial charge in [-0.3, -0.25) is 14.4 Å². The Bertz CT molecular complexity index is 875. The van der Waals surface area contributed by atoms with Gasteiger partial charge in [0.15, 0.2) is 0 Å². The Morgan fingerprint density at radius 1 is 1.09 bits per heavy atom. The van der Waals surface area contributed by atoms with Crippen LogP contribution in [0.15, 0.2) is 30.3 Å². The molecule has 1 aromatic rings. The summed E-state index contributed by atoms with van der Waals surface area (Å²) in [5.74, 6) is -0.451. The highest BCUT2D eigenvalue weighted by molar-refractivity contribution is 5.89. The average Bonchev–Trinajstić information content (AvgIpc) is 3.14. The minimum Gasteiger partial charge on any atom is -0.444 e. The first-order chi connectivity index (χ1) is 16.1. The number of nitrogens with one attached hydrogen (secondary N) is 2. The monoisotopic (exact) mass is 472 g/mol. The Labute approximate surface area is 201 Å². The van der Waals surface area contributed by atoms with Crippen molar-refractivity contribution < 1.29 is 23.9 Å². The number of rotatable bonds is 7. The summed E-state index contributed by atoms with van der Waals surface area (Å²) in [4.78, 5) is 52.7. The van der Waals surface area contributed by atoms with Gasteiger partial charge in [-0.25, -0.2) is 4.79 Å². The lowest BCUT2D eigenvalue weighted by Gasteiger charge is -2.33. The van der Waals surface area contributed by atoms with Crippen molar-refractivity contribution in [2.24, 2.45) is 5.92 Å². The molecular formula is C25H36N4O5. The summed E-state index contributed by atoms with van der Waals surface area (Å²) in [5, 5.41) is 5.68. The quantitative estimate of drug-likeness (QED) is 0.632. The Kier molecular flexibility index (Phi) is 8.52. The number of hydrogen-bond donors (Lipinski definition) is 2. The molecule has 1 unspecified atom stereocenters. The molecule has 4 amide bonds. The number of carbonyl (C=O) groups excluding carboxylic acids is 4. The van der Waals surface area contributed by atoms with Crippen molar-refractivity contribution >= 4 is 23.8 Å². The molecule has 9 heteroatoms. The second-order valence-electron chi connectivity index (χ2n) is 10.0. The van der Waals surface area contributed by atoms with Gasteiger partial charge in [-0.05, 0) is 39.2 Å². The summed E-state index contributed by atoms with van der Waals surface area (Å²) < 4.78 is 5.16. The average molecular weight is 473 g/mol. The van der Waals surface area contributed by atoms with Gasteiger partial charge >= 0.3 is 6.09 Å². The molecule has 2 heterocycles. The lowest BCUT2D eigenvalue weighted by Crippen LogP contribution is -2.48. The topological polar surface area (TPSA) is 108 Å². The summed E-state index contributed by atoms with van der Waals surface area (Å²) in [6.07, 6.45) is 1.25. The van der Waals surface area contributed by atoms with Crippen LogP contribution in [0.25, 0.3) is 0 Å². The van der Waals surface area contributed by atoms with Gasteiger partial charge in [0.25, 0.3) is 0 Å². The van der Waals surface area contributed by atoms with Crippen LogP contribution in [0.2, 0.25) is 0 Å². The maximum atomic E-state index is 12.8. The minimum absolute atomic E-state index is 0.00408. The van der Waals surface area contributed by atoms with Crippen molar-refractivity contribution in [1.29, 1.82) is 0 Å². The number of nitrogens with zero attached hydrogens (tertiary/aromatic N) is 2. The van der Waals surface area contributed by atoms with Crippen molar-refractivity contribution in [2.75, 3.05) is 26.2 Å². The lowest BCUT2D eigenvalue weighted by molar-refractivity contribution is -0.132. The second-order valence-corrected chi connectivity index (χ2v) is 10.0. The maximum Gasteiger partial charge on any atom is 0.407 e. The summed E-state index contributed by atoms with van der Waals surface area (Å²) >= 11 is 0. The van der Waals surface area contributed by atoms with Crippen LogP contribution in [-0.4, -0.2) is 71.4 Å². The molecule has 2 saturated heterocycles. The fraction of sp³-hybridized carbons (Fsp3) is 0.600. The minimum atomic E-state index is -0.577. The first kappa shape index (κ1) is 25.5. The van der Waals surface area contributed by atoms with E-state index in [1.807, 2.05) is 30.3 Å². The van der Waals surface area contributed by atoms with E-state index in [0.29, 0.717) is 39.0 Å². The third-order valence-corrected chi connectivity index (χ3v) is 6.00. The van der Waals surface area contributed by atoms with E-state index in [4.69, 9.17) is 4.74 Å². The Morgan fingerprint density at radius 2 is 1.76 bits per heavy atom. The number of benzene rings is 1. The summed E-state index contributed by atoms with van der Waals surface area (Å²) in [6.45, 7) is 7.64. The Hall–Kier alpha value is -3.10. The molecule has 2 N–H and O–H groups in total. The highest BCUT2D eigenvalue weighted by Crippen LogP contribution is 2.21. The van der Waals surface area contributed by atoms with E-state index in [1.165, 1.54) is 0 Å². The normalized spacial score (nSPS) is 19.1. The number of piperidine rings is 1. The molecule has 1 atom stereocenters. The van der Waals surface area contributed by atoms with Gasteiger partial charge in [0, 0.05) is 51.6 Å². The second kappa shape index (κ2) is 11.4. The molecule has 0 radical (unpaired) electrons. The highest BCUT2D eigenvalue weighted by atomic mass is 16.6. The van der Waals surface area contributed by atoms with Crippen LogP contribution in [0.1, 0.15) is 52.0 Å². The largest absolute Gasteiger partial charge is 0.444 e. The Balaban J connectivity index is 1.35. The van der Waals surface area contributed by atoms with Crippen LogP contribution in [0.5, 0.6) is 0 Å². The number of hydrogen-bond acceptors (Lipinski definition) is 5. The van der Waals surface area contributed by atoms with Crippen LogP contribution in [0.3, 0.4) is 0 Å². The maximum absolute atomic E-state index is 12.8. The molecule has 34 heavy (non-hydrogen) atoms. The van der Waals surface area contributed by atoms with E-state index in [1.54, 1.807) is 30.6 Å². The van der Waals surface area contributed by atoms with Gasteiger partial charge in [0.05, 0.1) is 5.92 Å². The van der Waals surface area contributed by atoms with Crippen molar-refractivity contribution in [3.05, 3.63) is 35.9 Å². The summed E-state index contributed by atoms with van der Waals surface area (Å²) in [5.41, 5.74) is 0.474. The zero-order chi connectivity index (χ0) is 24.7. The molecule has 0 bridgehead atoms. The number of alkyl carbamates (subject to hydrolysis) is 1. The van der Waals surface area contributed by atoms with E-state index in [9.17, 15) is 19.2 Å². The molecule has 1 aromatic carbocycles. The van der Waals surface area contributed by atoms with Crippen molar-refractivity contribution in [3.63, 3.8) is 0 Å². The molecule has 186 valence electrons. The Morgan fingerprint density at radius 3 is 2.41 bits per heavy atom. The first-order valence-electron chi connectivity index (χ1n) is 12.0. The fourth-order valence-corrected chi connectivity index (χ4v) is 4.24. The van der Waals surface area contributed by atoms with E-state index >= 15 is 0 Å². The van der Waals surface area contributed by atoms with Crippen LogP contribution in [0.4, 0.5) is 4.79 Å². The van der Waals surface area contributed by atoms with E-state index in [0.717, 1.165) is 5.56 Å². The molecule has 9 nitrogen and oxygen atoms in total. The standard InChI is InChI=1S/C25H36N4O5/c1-25(2,3)34-24(33)26-12-9-21(30)28-13-10-20(11-14-28)27-23(32)19-15-22(31)29(17-19)16-18-7-5-4-6-8-18/h4-8,19-20H,9-17H2,1-3H3,(H,26,33)(H,27,32). The predicted molar refractivity (Wildman–Crippen MR) is 127 cm³/mol. The summed E-state index contributed by atoms with van der Waals surface area (Å²) in [7, 11) is 0. The van der Waals surface area contributed by atoms with Crippen LogP contribution in [0, 0.1) is 5.92 Å². The third-order valence-electron chi connectivity index (χ3n) is 6.00. The van der Waals surface area contributed by atoms with Crippen LogP contribution < -0.4 is 10.6 Å². The van der Waals surface area contributed by atoms with Gasteiger partial charge in [-0.1, -0.05) is 30.3 Å². The van der Waals surface area contributed by atoms with Crippen LogP contribution in [-0.2, 0) is 25.7 Å². The summed E-state index contributed by atoms with van der Waals surface area (Å²) in [6, 6.07) is 9.76. The van der Waals surface area contributed by atoms with Gasteiger partial charge < -0.3 is 25.2 Å². The fourth-order valence-electron chi connectivity index (χ4n) is 4.24. The lowest BCUT2D eigenvalue weighted by atomic mass is 10.0. The van der Waals surface area contributed by atoms with Crippen molar-refractivity contribution in [3.8, 4) is 0 Å². The van der Waals surface area contributed by atoms with Gasteiger partial charge in [-0.2, -0.15) is 0 Å². The van der Waals surface area contributed by atoms with Gasteiger partial charge in [0.2, 0.25) is 17.7 Å². The van der Waals surface area contributed by atoms with Gasteiger partial charge in [-0.15, -0.1) is 0 Å².